The molecule has 60 valence electrons. The van der Waals surface area contributed by atoms with Crippen LogP contribution >= 0.6 is 12.6 Å². The van der Waals surface area contributed by atoms with E-state index in [0.29, 0.717) is 10.9 Å². The highest BCUT2D eigenvalue weighted by atomic mass is 32.1. The highest BCUT2D eigenvalue weighted by molar-refractivity contribution is 7.80. The first-order valence-electron chi connectivity index (χ1n) is 3.53. The molecule has 11 heavy (non-hydrogen) atoms. The molecule has 0 fully saturated rings. The summed E-state index contributed by atoms with van der Waals surface area (Å²) >= 11 is 4.15. The zero-order valence-corrected chi connectivity index (χ0v) is 7.48. The lowest BCUT2D eigenvalue weighted by Gasteiger charge is -2.06. The lowest BCUT2D eigenvalue weighted by molar-refractivity contribution is 0.815. The molecule has 1 aromatic heterocycles. The molecule has 0 unspecified atom stereocenters. The van der Waals surface area contributed by atoms with E-state index < -0.39 is 0 Å². The van der Waals surface area contributed by atoms with Crippen LogP contribution in [0.2, 0.25) is 0 Å². The number of aromatic amines is 1. The molecular weight excluding hydrogens is 158 g/mol. The fourth-order valence-electron chi connectivity index (χ4n) is 0.941. The number of pyridine rings is 1. The van der Waals surface area contributed by atoms with Gasteiger partial charge in [0.25, 0.3) is 0 Å². The van der Waals surface area contributed by atoms with Crippen LogP contribution in [0.15, 0.2) is 22.0 Å². The summed E-state index contributed by atoms with van der Waals surface area (Å²) < 4.78 is 0. The summed E-state index contributed by atoms with van der Waals surface area (Å²) in [7, 11) is 0. The summed E-state index contributed by atoms with van der Waals surface area (Å²) in [5.74, 6) is 0.402. The molecule has 0 amide bonds. The maximum absolute atomic E-state index is 10.8. The molecule has 0 aliphatic carbocycles. The fraction of sp³-hybridized carbons (Fsp3) is 0.375. The van der Waals surface area contributed by atoms with Crippen molar-refractivity contribution in [3.63, 3.8) is 0 Å². The number of hydrogen-bond acceptors (Lipinski definition) is 2. The predicted octanol–water partition coefficient (Wildman–Crippen LogP) is 1.79. The van der Waals surface area contributed by atoms with Gasteiger partial charge in [0.05, 0.1) is 5.03 Å². The Balaban J connectivity index is 3.20. The molecule has 1 heterocycles. The molecule has 0 bridgehead atoms. The molecule has 1 N–H and O–H groups in total. The fourth-order valence-corrected chi connectivity index (χ4v) is 1.38. The second-order valence-corrected chi connectivity index (χ2v) is 3.23. The topological polar surface area (TPSA) is 32.9 Å². The van der Waals surface area contributed by atoms with Gasteiger partial charge in [-0.3, -0.25) is 4.79 Å². The average Bonchev–Trinajstić information content (AvgIpc) is 1.85. The molecule has 0 spiro atoms. The molecule has 2 nitrogen and oxygen atoms in total. The van der Waals surface area contributed by atoms with Gasteiger partial charge in [-0.15, -0.1) is 12.6 Å². The van der Waals surface area contributed by atoms with Gasteiger partial charge in [0.1, 0.15) is 0 Å². The average molecular weight is 169 g/mol. The van der Waals surface area contributed by atoms with Crippen molar-refractivity contribution in [1.29, 1.82) is 0 Å². The molecule has 0 aliphatic heterocycles. The van der Waals surface area contributed by atoms with Crippen molar-refractivity contribution in [2.24, 2.45) is 0 Å². The Morgan fingerprint density at radius 2 is 2.09 bits per heavy atom. The smallest absolute Gasteiger partial charge is 0.248 e. The van der Waals surface area contributed by atoms with Gasteiger partial charge >= 0.3 is 0 Å². The zero-order chi connectivity index (χ0) is 8.43. The molecule has 3 heteroatoms. The third-order valence-electron chi connectivity index (χ3n) is 1.55. The van der Waals surface area contributed by atoms with Crippen molar-refractivity contribution in [3.05, 3.63) is 28.0 Å². The van der Waals surface area contributed by atoms with Crippen LogP contribution in [0, 0.1) is 0 Å². The minimum absolute atomic E-state index is 0.0978. The van der Waals surface area contributed by atoms with E-state index in [0.717, 1.165) is 5.56 Å². The lowest BCUT2D eigenvalue weighted by Crippen LogP contribution is -2.06. The minimum atomic E-state index is -0.0978. The van der Waals surface area contributed by atoms with E-state index in [1.807, 2.05) is 6.07 Å². The van der Waals surface area contributed by atoms with E-state index in [1.54, 1.807) is 0 Å². The summed E-state index contributed by atoms with van der Waals surface area (Å²) in [6.07, 6.45) is 0. The number of rotatable bonds is 1. The second-order valence-electron chi connectivity index (χ2n) is 2.78. The first-order chi connectivity index (χ1) is 5.11. The van der Waals surface area contributed by atoms with Gasteiger partial charge in [-0.25, -0.2) is 0 Å². The lowest BCUT2D eigenvalue weighted by atomic mass is 10.1. The zero-order valence-electron chi connectivity index (χ0n) is 6.59. The van der Waals surface area contributed by atoms with Crippen molar-refractivity contribution in [2.75, 3.05) is 0 Å². The first kappa shape index (κ1) is 8.40. The number of thiol groups is 1. The van der Waals surface area contributed by atoms with Crippen LogP contribution in [0.5, 0.6) is 0 Å². The Bertz CT molecular complexity index is 303. The molecule has 0 aromatic carbocycles. The Kier molecular flexibility index (Phi) is 2.39. The van der Waals surface area contributed by atoms with Crippen LogP contribution in [0.3, 0.4) is 0 Å². The molecule has 0 atom stereocenters. The summed E-state index contributed by atoms with van der Waals surface area (Å²) in [5.41, 5.74) is 0.979. The molecule has 0 saturated carbocycles. The van der Waals surface area contributed by atoms with E-state index in [2.05, 4.69) is 31.5 Å². The Morgan fingerprint density at radius 1 is 1.45 bits per heavy atom. The number of hydrogen-bond donors (Lipinski definition) is 2. The van der Waals surface area contributed by atoms with E-state index in [-0.39, 0.29) is 5.56 Å². The Morgan fingerprint density at radius 3 is 2.55 bits per heavy atom. The third kappa shape index (κ3) is 1.87. The minimum Gasteiger partial charge on any atom is -0.317 e. The van der Waals surface area contributed by atoms with Crippen LogP contribution in [-0.4, -0.2) is 4.98 Å². The normalized spacial score (nSPS) is 10.5. The number of nitrogens with one attached hydrogen (secondary N) is 1. The van der Waals surface area contributed by atoms with Gasteiger partial charge in [-0.05, 0) is 11.5 Å². The highest BCUT2D eigenvalue weighted by Crippen LogP contribution is 2.18. The largest absolute Gasteiger partial charge is 0.317 e. The van der Waals surface area contributed by atoms with Crippen LogP contribution in [-0.2, 0) is 0 Å². The highest BCUT2D eigenvalue weighted by Gasteiger charge is 2.02. The van der Waals surface area contributed by atoms with Crippen molar-refractivity contribution in [2.45, 2.75) is 24.8 Å². The number of aromatic nitrogens is 1. The summed E-state index contributed by atoms with van der Waals surface area (Å²) in [5, 5.41) is 0.674. The van der Waals surface area contributed by atoms with E-state index in [1.165, 1.54) is 6.07 Å². The van der Waals surface area contributed by atoms with Crippen molar-refractivity contribution in [1.82, 2.24) is 4.98 Å². The molecular formula is C8H11NOS. The summed E-state index contributed by atoms with van der Waals surface area (Å²) in [4.78, 5) is 13.4. The van der Waals surface area contributed by atoms with E-state index in [4.69, 9.17) is 0 Å². The standard InChI is InChI=1S/C8H11NOS/c1-5(2)6-3-4-7(10)9-8(6)11/h3-5H,1-2H3,(H2,9,10,11). The monoisotopic (exact) mass is 169 g/mol. The quantitative estimate of drug-likeness (QED) is 0.617. The van der Waals surface area contributed by atoms with Crippen molar-refractivity contribution >= 4 is 12.6 Å². The van der Waals surface area contributed by atoms with Crippen molar-refractivity contribution in [3.8, 4) is 0 Å². The first-order valence-corrected chi connectivity index (χ1v) is 3.98. The van der Waals surface area contributed by atoms with Gasteiger partial charge in [0.2, 0.25) is 5.56 Å². The predicted molar refractivity (Wildman–Crippen MR) is 48.4 cm³/mol. The maximum atomic E-state index is 10.8. The summed E-state index contributed by atoms with van der Waals surface area (Å²) in [6, 6.07) is 3.33. The van der Waals surface area contributed by atoms with E-state index >= 15 is 0 Å². The molecule has 0 aliphatic rings. The number of H-pyrrole nitrogens is 1. The second kappa shape index (κ2) is 3.13. The molecule has 1 rings (SSSR count). The Labute approximate surface area is 71.1 Å². The third-order valence-corrected chi connectivity index (χ3v) is 1.92. The van der Waals surface area contributed by atoms with Gasteiger partial charge in [-0.1, -0.05) is 19.9 Å². The molecule has 0 radical (unpaired) electrons. The maximum Gasteiger partial charge on any atom is 0.248 e. The van der Waals surface area contributed by atoms with Crippen LogP contribution < -0.4 is 5.56 Å². The van der Waals surface area contributed by atoms with E-state index in [9.17, 15) is 4.79 Å². The van der Waals surface area contributed by atoms with Gasteiger partial charge in [-0.2, -0.15) is 0 Å². The molecule has 1 aromatic rings. The van der Waals surface area contributed by atoms with Crippen LogP contribution in [0.1, 0.15) is 25.3 Å². The van der Waals surface area contributed by atoms with Gasteiger partial charge < -0.3 is 4.98 Å². The van der Waals surface area contributed by atoms with Gasteiger partial charge in [0, 0.05) is 6.07 Å². The van der Waals surface area contributed by atoms with Crippen molar-refractivity contribution < 1.29 is 0 Å². The Hall–Kier alpha value is -0.700. The summed E-state index contributed by atoms with van der Waals surface area (Å²) in [6.45, 7) is 4.13. The molecule has 0 saturated heterocycles. The SMILES string of the molecule is CC(C)c1ccc(=O)[nH]c1S. The van der Waals surface area contributed by atoms with Crippen LogP contribution in [0.4, 0.5) is 0 Å². The van der Waals surface area contributed by atoms with Gasteiger partial charge in [0.15, 0.2) is 0 Å². The van der Waals surface area contributed by atoms with Crippen LogP contribution in [0.25, 0.3) is 0 Å².